The number of ether oxygens (including phenoxy) is 1. The summed E-state index contributed by atoms with van der Waals surface area (Å²) in [4.78, 5) is 0. The Bertz CT molecular complexity index is 494. The summed E-state index contributed by atoms with van der Waals surface area (Å²) < 4.78 is 8.24. The molecule has 0 bridgehead atoms. The van der Waals surface area contributed by atoms with Crippen molar-refractivity contribution in [3.05, 3.63) is 46.2 Å². The first-order valence-corrected chi connectivity index (χ1v) is 5.81. The van der Waals surface area contributed by atoms with Crippen molar-refractivity contribution in [1.82, 2.24) is 9.78 Å². The highest BCUT2D eigenvalue weighted by atomic mass is 79.9. The lowest BCUT2D eigenvalue weighted by molar-refractivity contribution is 0.414. The van der Waals surface area contributed by atoms with Crippen molar-refractivity contribution in [2.45, 2.75) is 13.5 Å². The van der Waals surface area contributed by atoms with Gasteiger partial charge in [-0.3, -0.25) is 4.68 Å². The number of aryl methyl sites for hydroxylation is 1. The third-order valence-electron chi connectivity index (χ3n) is 2.50. The van der Waals surface area contributed by atoms with Crippen LogP contribution in [0.3, 0.4) is 0 Å². The average molecular weight is 281 g/mol. The van der Waals surface area contributed by atoms with Crippen molar-refractivity contribution in [3.8, 4) is 5.75 Å². The van der Waals surface area contributed by atoms with Gasteiger partial charge in [-0.25, -0.2) is 0 Å². The molecule has 0 amide bonds. The molecular weight excluding hydrogens is 268 g/mol. The number of hydrogen-bond acceptors (Lipinski definition) is 2. The summed E-state index contributed by atoms with van der Waals surface area (Å²) in [7, 11) is 1.67. The first-order chi connectivity index (χ1) is 7.70. The lowest BCUT2D eigenvalue weighted by Crippen LogP contribution is -2.04. The zero-order valence-corrected chi connectivity index (χ0v) is 10.9. The van der Waals surface area contributed by atoms with E-state index in [1.54, 1.807) is 7.11 Å². The standard InChI is InChI=1S/C12H13BrN2O/c1-9-5-6-14-15(9)8-10-7-11(16-2)3-4-12(10)13/h3-7H,8H2,1-2H3. The van der Waals surface area contributed by atoms with E-state index in [-0.39, 0.29) is 0 Å². The van der Waals surface area contributed by atoms with Gasteiger partial charge in [0.15, 0.2) is 0 Å². The average Bonchev–Trinajstić information content (AvgIpc) is 2.68. The molecule has 2 rings (SSSR count). The zero-order valence-electron chi connectivity index (χ0n) is 9.27. The quantitative estimate of drug-likeness (QED) is 0.864. The van der Waals surface area contributed by atoms with Gasteiger partial charge in [-0.2, -0.15) is 5.10 Å². The fourth-order valence-corrected chi connectivity index (χ4v) is 1.90. The highest BCUT2D eigenvalue weighted by Crippen LogP contribution is 2.23. The van der Waals surface area contributed by atoms with Crippen molar-refractivity contribution in [3.63, 3.8) is 0 Å². The van der Waals surface area contributed by atoms with Gasteiger partial charge >= 0.3 is 0 Å². The molecule has 1 aromatic heterocycles. The molecule has 84 valence electrons. The highest BCUT2D eigenvalue weighted by molar-refractivity contribution is 9.10. The van der Waals surface area contributed by atoms with E-state index in [1.165, 1.54) is 0 Å². The largest absolute Gasteiger partial charge is 0.497 e. The van der Waals surface area contributed by atoms with Gasteiger partial charge in [0, 0.05) is 16.4 Å². The topological polar surface area (TPSA) is 27.1 Å². The number of aromatic nitrogens is 2. The second kappa shape index (κ2) is 4.70. The first kappa shape index (κ1) is 11.2. The summed E-state index contributed by atoms with van der Waals surface area (Å²) in [5.41, 5.74) is 2.31. The molecular formula is C12H13BrN2O. The fraction of sp³-hybridized carbons (Fsp3) is 0.250. The summed E-state index contributed by atoms with van der Waals surface area (Å²) in [6, 6.07) is 7.94. The molecule has 0 saturated heterocycles. The predicted molar refractivity (Wildman–Crippen MR) is 66.8 cm³/mol. The Kier molecular flexibility index (Phi) is 3.29. The van der Waals surface area contributed by atoms with E-state index in [0.29, 0.717) is 0 Å². The van der Waals surface area contributed by atoms with Gasteiger partial charge in [0.25, 0.3) is 0 Å². The molecule has 0 unspecified atom stereocenters. The molecule has 3 nitrogen and oxygen atoms in total. The third-order valence-corrected chi connectivity index (χ3v) is 3.28. The van der Waals surface area contributed by atoms with Crippen LogP contribution in [-0.2, 0) is 6.54 Å². The summed E-state index contributed by atoms with van der Waals surface area (Å²) >= 11 is 3.53. The second-order valence-electron chi connectivity index (χ2n) is 3.59. The molecule has 0 spiro atoms. The van der Waals surface area contributed by atoms with Gasteiger partial charge in [0.1, 0.15) is 5.75 Å². The van der Waals surface area contributed by atoms with E-state index in [4.69, 9.17) is 4.74 Å². The number of benzene rings is 1. The third kappa shape index (κ3) is 2.27. The Balaban J connectivity index is 2.30. The smallest absolute Gasteiger partial charge is 0.119 e. The Hall–Kier alpha value is -1.29. The van der Waals surface area contributed by atoms with Crippen LogP contribution >= 0.6 is 15.9 Å². The van der Waals surface area contributed by atoms with Crippen LogP contribution in [0.25, 0.3) is 0 Å². The molecule has 1 heterocycles. The monoisotopic (exact) mass is 280 g/mol. The van der Waals surface area contributed by atoms with Crippen molar-refractivity contribution in [2.24, 2.45) is 0 Å². The van der Waals surface area contributed by atoms with Crippen molar-refractivity contribution < 1.29 is 4.74 Å². The molecule has 0 N–H and O–H groups in total. The maximum atomic E-state index is 5.21. The van der Waals surface area contributed by atoms with Crippen LogP contribution < -0.4 is 4.74 Å². The maximum Gasteiger partial charge on any atom is 0.119 e. The SMILES string of the molecule is COc1ccc(Br)c(Cn2nccc2C)c1. The minimum absolute atomic E-state index is 0.747. The van der Waals surface area contributed by atoms with Crippen molar-refractivity contribution >= 4 is 15.9 Å². The molecule has 0 radical (unpaired) electrons. The zero-order chi connectivity index (χ0) is 11.5. The normalized spacial score (nSPS) is 10.4. The van der Waals surface area contributed by atoms with Crippen molar-refractivity contribution in [2.75, 3.05) is 7.11 Å². The van der Waals surface area contributed by atoms with E-state index < -0.39 is 0 Å². The van der Waals surface area contributed by atoms with E-state index >= 15 is 0 Å². The van der Waals surface area contributed by atoms with Crippen LogP contribution in [0.1, 0.15) is 11.3 Å². The lowest BCUT2D eigenvalue weighted by atomic mass is 10.2. The van der Waals surface area contributed by atoms with Gasteiger partial charge in [-0.15, -0.1) is 0 Å². The molecule has 0 atom stereocenters. The number of nitrogens with zero attached hydrogens (tertiary/aromatic N) is 2. The molecule has 0 fully saturated rings. The molecule has 16 heavy (non-hydrogen) atoms. The molecule has 1 aromatic carbocycles. The van der Waals surface area contributed by atoms with Crippen LogP contribution in [0, 0.1) is 6.92 Å². The summed E-state index contributed by atoms with van der Waals surface area (Å²) in [6.45, 7) is 2.79. The minimum Gasteiger partial charge on any atom is -0.497 e. The van der Waals surface area contributed by atoms with Crippen LogP contribution in [0.4, 0.5) is 0 Å². The summed E-state index contributed by atoms with van der Waals surface area (Å²) in [5, 5.41) is 4.26. The van der Waals surface area contributed by atoms with E-state index in [0.717, 1.165) is 28.0 Å². The Morgan fingerprint density at radius 3 is 2.81 bits per heavy atom. The van der Waals surface area contributed by atoms with Gasteiger partial charge < -0.3 is 4.74 Å². The number of rotatable bonds is 3. The van der Waals surface area contributed by atoms with Gasteiger partial charge in [-0.1, -0.05) is 15.9 Å². The first-order valence-electron chi connectivity index (χ1n) is 5.01. The predicted octanol–water partition coefficient (Wildman–Crippen LogP) is 3.01. The fourth-order valence-electron chi connectivity index (χ4n) is 1.52. The van der Waals surface area contributed by atoms with Gasteiger partial charge in [0.2, 0.25) is 0 Å². The number of hydrogen-bond donors (Lipinski definition) is 0. The van der Waals surface area contributed by atoms with E-state index in [9.17, 15) is 0 Å². The Morgan fingerprint density at radius 1 is 1.38 bits per heavy atom. The minimum atomic E-state index is 0.747. The van der Waals surface area contributed by atoms with Crippen LogP contribution in [0.2, 0.25) is 0 Å². The molecule has 4 heteroatoms. The summed E-state index contributed by atoms with van der Waals surface area (Å²) in [6.07, 6.45) is 1.81. The Morgan fingerprint density at radius 2 is 2.19 bits per heavy atom. The Labute approximate surface area is 103 Å². The number of halogens is 1. The van der Waals surface area contributed by atoms with Crippen molar-refractivity contribution in [1.29, 1.82) is 0 Å². The number of methoxy groups -OCH3 is 1. The molecule has 0 aliphatic heterocycles. The molecule has 2 aromatic rings. The second-order valence-corrected chi connectivity index (χ2v) is 4.44. The highest BCUT2D eigenvalue weighted by Gasteiger charge is 2.05. The molecule has 0 aliphatic rings. The van der Waals surface area contributed by atoms with Gasteiger partial charge in [0.05, 0.1) is 13.7 Å². The molecule has 0 saturated carbocycles. The lowest BCUT2D eigenvalue weighted by Gasteiger charge is -2.08. The van der Waals surface area contributed by atoms with Crippen LogP contribution in [0.15, 0.2) is 34.9 Å². The van der Waals surface area contributed by atoms with E-state index in [1.807, 2.05) is 42.1 Å². The van der Waals surface area contributed by atoms with Crippen LogP contribution in [-0.4, -0.2) is 16.9 Å². The van der Waals surface area contributed by atoms with E-state index in [2.05, 4.69) is 21.0 Å². The van der Waals surface area contributed by atoms with Gasteiger partial charge in [-0.05, 0) is 36.8 Å². The molecule has 0 aliphatic carbocycles. The maximum absolute atomic E-state index is 5.21. The van der Waals surface area contributed by atoms with Crippen LogP contribution in [0.5, 0.6) is 5.75 Å². The summed E-state index contributed by atoms with van der Waals surface area (Å²) in [5.74, 6) is 0.864.